The zero-order chi connectivity index (χ0) is 9.94. The number of aliphatic carboxylic acids is 1. The summed E-state index contributed by atoms with van der Waals surface area (Å²) >= 11 is 0. The Kier molecular flexibility index (Phi) is 9.10. The van der Waals surface area contributed by atoms with Gasteiger partial charge in [0.2, 0.25) is 0 Å². The van der Waals surface area contributed by atoms with E-state index in [2.05, 4.69) is 12.2 Å². The van der Waals surface area contributed by atoms with Crippen LogP contribution in [0, 0.1) is 0 Å². The van der Waals surface area contributed by atoms with E-state index in [1.807, 2.05) is 0 Å². The van der Waals surface area contributed by atoms with Gasteiger partial charge < -0.3 is 10.4 Å². The summed E-state index contributed by atoms with van der Waals surface area (Å²) in [6.07, 6.45) is 6.54. The molecule has 0 aromatic heterocycles. The van der Waals surface area contributed by atoms with Gasteiger partial charge in [0.15, 0.2) is 0 Å². The first-order valence-corrected chi connectivity index (χ1v) is 5.20. The Morgan fingerprint density at radius 3 is 2.46 bits per heavy atom. The summed E-state index contributed by atoms with van der Waals surface area (Å²) in [4.78, 5) is 10.1. The fraction of sp³-hybridized carbons (Fsp3) is 0.900. The quantitative estimate of drug-likeness (QED) is 0.543. The van der Waals surface area contributed by atoms with Crippen LogP contribution >= 0.6 is 0 Å². The predicted octanol–water partition coefficient (Wildman–Crippen LogP) is 2.02. The van der Waals surface area contributed by atoms with Crippen LogP contribution < -0.4 is 5.32 Å². The van der Waals surface area contributed by atoms with Gasteiger partial charge >= 0.3 is 5.97 Å². The average molecular weight is 187 g/mol. The molecule has 0 saturated carbocycles. The molecule has 0 atom stereocenters. The lowest BCUT2D eigenvalue weighted by molar-refractivity contribution is -0.136. The molecule has 0 aliphatic carbocycles. The van der Waals surface area contributed by atoms with Crippen molar-refractivity contribution in [3.63, 3.8) is 0 Å². The van der Waals surface area contributed by atoms with Crippen LogP contribution in [0.5, 0.6) is 0 Å². The number of hydrogen-bond donors (Lipinski definition) is 2. The summed E-state index contributed by atoms with van der Waals surface area (Å²) in [7, 11) is 0. The first kappa shape index (κ1) is 12.4. The minimum absolute atomic E-state index is 0.231. The molecule has 0 rings (SSSR count). The van der Waals surface area contributed by atoms with E-state index in [1.54, 1.807) is 0 Å². The van der Waals surface area contributed by atoms with Crippen LogP contribution in [-0.4, -0.2) is 24.2 Å². The highest BCUT2D eigenvalue weighted by atomic mass is 16.4. The first-order chi connectivity index (χ1) is 6.27. The predicted molar refractivity (Wildman–Crippen MR) is 53.9 cm³/mol. The van der Waals surface area contributed by atoms with Crippen LogP contribution in [0.3, 0.4) is 0 Å². The minimum Gasteiger partial charge on any atom is -0.481 e. The second-order valence-electron chi connectivity index (χ2n) is 3.31. The Bertz CT molecular complexity index is 126. The van der Waals surface area contributed by atoms with Crippen LogP contribution in [0.15, 0.2) is 0 Å². The maximum atomic E-state index is 10.1. The van der Waals surface area contributed by atoms with E-state index < -0.39 is 5.97 Å². The van der Waals surface area contributed by atoms with Gasteiger partial charge in [-0.2, -0.15) is 0 Å². The Hall–Kier alpha value is -0.570. The fourth-order valence-electron chi connectivity index (χ4n) is 1.17. The van der Waals surface area contributed by atoms with Gasteiger partial charge in [0.25, 0.3) is 0 Å². The van der Waals surface area contributed by atoms with E-state index in [4.69, 9.17) is 5.11 Å². The second kappa shape index (κ2) is 9.52. The summed E-state index contributed by atoms with van der Waals surface area (Å²) in [6, 6.07) is 0. The van der Waals surface area contributed by atoms with Gasteiger partial charge in [-0.25, -0.2) is 0 Å². The highest BCUT2D eigenvalue weighted by Gasteiger charge is 1.94. The maximum Gasteiger partial charge on any atom is 0.304 e. The number of carboxylic acids is 1. The molecule has 2 N–H and O–H groups in total. The highest BCUT2D eigenvalue weighted by Crippen LogP contribution is 2.00. The van der Waals surface area contributed by atoms with E-state index in [-0.39, 0.29) is 6.42 Å². The molecule has 0 heterocycles. The molecule has 0 aliphatic heterocycles. The molecule has 0 radical (unpaired) electrons. The molecule has 0 fully saturated rings. The summed E-state index contributed by atoms with van der Waals surface area (Å²) in [5.74, 6) is -0.724. The molecule has 0 bridgehead atoms. The average Bonchev–Trinajstić information content (AvgIpc) is 2.09. The van der Waals surface area contributed by atoms with Crippen molar-refractivity contribution in [2.75, 3.05) is 13.1 Å². The molecule has 78 valence electrons. The summed E-state index contributed by atoms with van der Waals surface area (Å²) in [6.45, 7) is 3.76. The molecule has 3 nitrogen and oxygen atoms in total. The van der Waals surface area contributed by atoms with E-state index in [1.165, 1.54) is 32.1 Å². The Balaban J connectivity index is 2.87. The molecular formula is C10H21NO2. The largest absolute Gasteiger partial charge is 0.481 e. The van der Waals surface area contributed by atoms with E-state index in [0.29, 0.717) is 6.54 Å². The molecule has 0 spiro atoms. The molecule has 13 heavy (non-hydrogen) atoms. The van der Waals surface area contributed by atoms with Crippen LogP contribution in [0.2, 0.25) is 0 Å². The van der Waals surface area contributed by atoms with Gasteiger partial charge in [0, 0.05) is 6.54 Å². The number of unbranched alkanes of at least 4 members (excludes halogenated alkanes) is 4. The summed E-state index contributed by atoms with van der Waals surface area (Å²) in [5, 5.41) is 11.5. The van der Waals surface area contributed by atoms with Crippen molar-refractivity contribution >= 4 is 5.97 Å². The third kappa shape index (κ3) is 11.4. The third-order valence-corrected chi connectivity index (χ3v) is 1.97. The van der Waals surface area contributed by atoms with Crippen molar-refractivity contribution in [2.45, 2.75) is 45.4 Å². The normalized spacial score (nSPS) is 10.2. The van der Waals surface area contributed by atoms with Crippen molar-refractivity contribution in [3.8, 4) is 0 Å². The molecule has 0 aliphatic rings. The molecule has 0 unspecified atom stereocenters. The Morgan fingerprint density at radius 1 is 1.15 bits per heavy atom. The summed E-state index contributed by atoms with van der Waals surface area (Å²) < 4.78 is 0. The number of nitrogens with one attached hydrogen (secondary N) is 1. The maximum absolute atomic E-state index is 10.1. The number of carboxylic acid groups (broad SMARTS) is 1. The zero-order valence-corrected chi connectivity index (χ0v) is 8.51. The lowest BCUT2D eigenvalue weighted by Gasteiger charge is -2.02. The molecular weight excluding hydrogens is 166 g/mol. The summed E-state index contributed by atoms with van der Waals surface area (Å²) in [5.41, 5.74) is 0. The second-order valence-corrected chi connectivity index (χ2v) is 3.31. The minimum atomic E-state index is -0.724. The van der Waals surface area contributed by atoms with Crippen LogP contribution in [-0.2, 0) is 4.79 Å². The van der Waals surface area contributed by atoms with Crippen LogP contribution in [0.4, 0.5) is 0 Å². The van der Waals surface area contributed by atoms with E-state index in [9.17, 15) is 4.79 Å². The van der Waals surface area contributed by atoms with E-state index >= 15 is 0 Å². The fourth-order valence-corrected chi connectivity index (χ4v) is 1.17. The molecule has 0 amide bonds. The van der Waals surface area contributed by atoms with Gasteiger partial charge in [0.05, 0.1) is 6.42 Å². The zero-order valence-electron chi connectivity index (χ0n) is 8.51. The monoisotopic (exact) mass is 187 g/mol. The topological polar surface area (TPSA) is 49.3 Å². The lowest BCUT2D eigenvalue weighted by atomic mass is 10.1. The number of hydrogen-bond acceptors (Lipinski definition) is 2. The van der Waals surface area contributed by atoms with Crippen LogP contribution in [0.1, 0.15) is 45.4 Å². The SMILES string of the molecule is CCCCCCCNCCC(=O)O. The number of rotatable bonds is 9. The van der Waals surface area contributed by atoms with E-state index in [0.717, 1.165) is 6.54 Å². The van der Waals surface area contributed by atoms with Crippen molar-refractivity contribution in [2.24, 2.45) is 0 Å². The molecule has 0 aromatic rings. The number of carbonyl (C=O) groups is 1. The van der Waals surface area contributed by atoms with Gasteiger partial charge in [-0.1, -0.05) is 32.6 Å². The van der Waals surface area contributed by atoms with Crippen molar-refractivity contribution in [1.29, 1.82) is 0 Å². The van der Waals surface area contributed by atoms with Crippen molar-refractivity contribution < 1.29 is 9.90 Å². The van der Waals surface area contributed by atoms with Crippen LogP contribution in [0.25, 0.3) is 0 Å². The van der Waals surface area contributed by atoms with Gasteiger partial charge in [0.1, 0.15) is 0 Å². The van der Waals surface area contributed by atoms with Gasteiger partial charge in [-0.05, 0) is 13.0 Å². The Labute approximate surface area is 80.5 Å². The van der Waals surface area contributed by atoms with Crippen molar-refractivity contribution in [1.82, 2.24) is 5.32 Å². The van der Waals surface area contributed by atoms with Gasteiger partial charge in [-0.3, -0.25) is 4.79 Å². The molecule has 0 saturated heterocycles. The highest BCUT2D eigenvalue weighted by molar-refractivity contribution is 5.66. The Morgan fingerprint density at radius 2 is 1.85 bits per heavy atom. The first-order valence-electron chi connectivity index (χ1n) is 5.20. The van der Waals surface area contributed by atoms with Crippen molar-refractivity contribution in [3.05, 3.63) is 0 Å². The molecule has 3 heteroatoms. The van der Waals surface area contributed by atoms with Gasteiger partial charge in [-0.15, -0.1) is 0 Å². The molecule has 0 aromatic carbocycles. The standard InChI is InChI=1S/C10H21NO2/c1-2-3-4-5-6-8-11-9-7-10(12)13/h11H,2-9H2,1H3,(H,12,13). The lowest BCUT2D eigenvalue weighted by Crippen LogP contribution is -2.19. The third-order valence-electron chi connectivity index (χ3n) is 1.97. The smallest absolute Gasteiger partial charge is 0.304 e.